The highest BCUT2D eigenvalue weighted by Crippen LogP contribution is 2.41. The number of fused-ring (bicyclic) bond motifs is 1. The van der Waals surface area contributed by atoms with E-state index in [1.165, 1.54) is 5.56 Å². The molecule has 3 aromatic carbocycles. The highest BCUT2D eigenvalue weighted by Gasteiger charge is 2.41. The molecule has 4 nitrogen and oxygen atoms in total. The number of nitrogens with two attached hydrogens (primary N) is 1. The van der Waals surface area contributed by atoms with Crippen molar-refractivity contribution in [2.24, 2.45) is 0 Å². The lowest BCUT2D eigenvalue weighted by atomic mass is 9.90. The van der Waals surface area contributed by atoms with Crippen LogP contribution in [0.5, 0.6) is 11.5 Å². The van der Waals surface area contributed by atoms with Gasteiger partial charge in [0.05, 0.1) is 0 Å². The fourth-order valence-electron chi connectivity index (χ4n) is 4.24. The van der Waals surface area contributed by atoms with Gasteiger partial charge in [-0.3, -0.25) is 4.90 Å². The van der Waals surface area contributed by atoms with Crippen molar-refractivity contribution in [3.8, 4) is 22.6 Å². The Morgan fingerprint density at radius 1 is 0.828 bits per heavy atom. The van der Waals surface area contributed by atoms with E-state index < -0.39 is 0 Å². The van der Waals surface area contributed by atoms with Crippen molar-refractivity contribution in [2.45, 2.75) is 25.0 Å². The zero-order valence-corrected chi connectivity index (χ0v) is 16.5. The van der Waals surface area contributed by atoms with Gasteiger partial charge in [-0.15, -0.1) is 0 Å². The number of hydrogen-bond donors (Lipinski definition) is 1. The lowest BCUT2D eigenvalue weighted by Crippen LogP contribution is -2.52. The minimum absolute atomic E-state index is 0.205. The Bertz CT molecular complexity index is 977. The van der Waals surface area contributed by atoms with E-state index in [0.29, 0.717) is 6.61 Å². The van der Waals surface area contributed by atoms with E-state index in [1.807, 2.05) is 30.3 Å². The van der Waals surface area contributed by atoms with Gasteiger partial charge in [0, 0.05) is 38.2 Å². The number of likely N-dealkylation sites (tertiary alicyclic amines) is 1. The Hall–Kier alpha value is -2.98. The first-order valence-corrected chi connectivity index (χ1v) is 10.3. The minimum Gasteiger partial charge on any atom is -0.486 e. The van der Waals surface area contributed by atoms with E-state index >= 15 is 0 Å². The van der Waals surface area contributed by atoms with Gasteiger partial charge < -0.3 is 15.2 Å². The van der Waals surface area contributed by atoms with E-state index in [-0.39, 0.29) is 5.60 Å². The molecule has 29 heavy (non-hydrogen) atoms. The molecule has 1 spiro atoms. The maximum atomic E-state index is 6.50. The molecule has 0 saturated carbocycles. The number of piperidine rings is 1. The SMILES string of the molecule is Nc1ccc(-c2ccc3c(c2)OCC2(CCN(Cc4ccccc4)CC2)O3)cc1. The van der Waals surface area contributed by atoms with Gasteiger partial charge in [0.2, 0.25) is 0 Å². The van der Waals surface area contributed by atoms with Crippen molar-refractivity contribution >= 4 is 5.69 Å². The molecular weight excluding hydrogens is 360 g/mol. The van der Waals surface area contributed by atoms with Gasteiger partial charge in [0.15, 0.2) is 11.5 Å². The second-order valence-electron chi connectivity index (χ2n) is 8.12. The Morgan fingerprint density at radius 2 is 1.55 bits per heavy atom. The smallest absolute Gasteiger partial charge is 0.162 e. The lowest BCUT2D eigenvalue weighted by Gasteiger charge is -2.44. The molecule has 2 heterocycles. The summed E-state index contributed by atoms with van der Waals surface area (Å²) in [6.07, 6.45) is 1.97. The second kappa shape index (κ2) is 7.45. The fraction of sp³-hybridized carbons (Fsp3) is 0.280. The molecule has 0 aromatic heterocycles. The lowest BCUT2D eigenvalue weighted by molar-refractivity contribution is -0.0534. The first kappa shape index (κ1) is 18.1. The molecule has 0 aliphatic carbocycles. The predicted octanol–water partition coefficient (Wildman–Crippen LogP) is 4.74. The van der Waals surface area contributed by atoms with Crippen molar-refractivity contribution in [3.63, 3.8) is 0 Å². The maximum absolute atomic E-state index is 6.50. The largest absolute Gasteiger partial charge is 0.486 e. The zero-order chi connectivity index (χ0) is 19.7. The molecular formula is C25H26N2O2. The van der Waals surface area contributed by atoms with Gasteiger partial charge in [-0.2, -0.15) is 0 Å². The van der Waals surface area contributed by atoms with Crippen LogP contribution in [0.15, 0.2) is 72.8 Å². The van der Waals surface area contributed by atoms with Crippen molar-refractivity contribution in [1.82, 2.24) is 4.90 Å². The summed E-state index contributed by atoms with van der Waals surface area (Å²) in [7, 11) is 0. The summed E-state index contributed by atoms with van der Waals surface area (Å²) in [5.74, 6) is 1.68. The van der Waals surface area contributed by atoms with Gasteiger partial charge in [-0.05, 0) is 41.0 Å². The van der Waals surface area contributed by atoms with Crippen LogP contribution in [-0.4, -0.2) is 30.2 Å². The van der Waals surface area contributed by atoms with Crippen LogP contribution in [0.2, 0.25) is 0 Å². The number of ether oxygens (including phenoxy) is 2. The standard InChI is InChI=1S/C25H26N2O2/c26-22-9-6-20(7-10-22)21-8-11-23-24(16-21)28-18-25(29-23)12-14-27(15-13-25)17-19-4-2-1-3-5-19/h1-11,16H,12-15,17-18,26H2. The molecule has 0 unspecified atom stereocenters. The average Bonchev–Trinajstić information content (AvgIpc) is 2.77. The number of rotatable bonds is 3. The molecule has 1 saturated heterocycles. The highest BCUT2D eigenvalue weighted by atomic mass is 16.6. The van der Waals surface area contributed by atoms with Gasteiger partial charge >= 0.3 is 0 Å². The topological polar surface area (TPSA) is 47.7 Å². The quantitative estimate of drug-likeness (QED) is 0.661. The van der Waals surface area contributed by atoms with E-state index in [1.54, 1.807) is 0 Å². The molecule has 0 radical (unpaired) electrons. The Balaban J connectivity index is 1.26. The van der Waals surface area contributed by atoms with Crippen LogP contribution in [0.4, 0.5) is 5.69 Å². The average molecular weight is 386 g/mol. The van der Waals surface area contributed by atoms with Crippen molar-refractivity contribution in [2.75, 3.05) is 25.4 Å². The molecule has 2 aliphatic heterocycles. The fourth-order valence-corrected chi connectivity index (χ4v) is 4.24. The molecule has 1 fully saturated rings. The van der Waals surface area contributed by atoms with E-state index in [0.717, 1.165) is 60.8 Å². The van der Waals surface area contributed by atoms with Gasteiger partial charge in [-0.25, -0.2) is 0 Å². The molecule has 0 bridgehead atoms. The van der Waals surface area contributed by atoms with Crippen LogP contribution in [0.25, 0.3) is 11.1 Å². The summed E-state index contributed by atoms with van der Waals surface area (Å²) < 4.78 is 12.7. The number of benzene rings is 3. The third kappa shape index (κ3) is 3.81. The van der Waals surface area contributed by atoms with Crippen molar-refractivity contribution in [1.29, 1.82) is 0 Å². The normalized spacial score (nSPS) is 17.9. The predicted molar refractivity (Wildman–Crippen MR) is 116 cm³/mol. The minimum atomic E-state index is -0.205. The Kier molecular flexibility index (Phi) is 4.64. The molecule has 3 aromatic rings. The van der Waals surface area contributed by atoms with Crippen LogP contribution in [0, 0.1) is 0 Å². The third-order valence-electron chi connectivity index (χ3n) is 6.02. The molecule has 5 rings (SSSR count). The zero-order valence-electron chi connectivity index (χ0n) is 16.5. The first-order valence-electron chi connectivity index (χ1n) is 10.3. The van der Waals surface area contributed by atoms with Crippen molar-refractivity contribution in [3.05, 3.63) is 78.4 Å². The van der Waals surface area contributed by atoms with Crippen LogP contribution in [0.1, 0.15) is 18.4 Å². The summed E-state index contributed by atoms with van der Waals surface area (Å²) in [5, 5.41) is 0. The molecule has 2 aliphatic rings. The van der Waals surface area contributed by atoms with Crippen LogP contribution < -0.4 is 15.2 Å². The van der Waals surface area contributed by atoms with Gasteiger partial charge in [0.1, 0.15) is 12.2 Å². The molecule has 0 amide bonds. The monoisotopic (exact) mass is 386 g/mol. The summed E-state index contributed by atoms with van der Waals surface area (Å²) in [6, 6.07) is 24.8. The number of anilines is 1. The Labute approximate surface area is 171 Å². The van der Waals surface area contributed by atoms with Crippen molar-refractivity contribution < 1.29 is 9.47 Å². The van der Waals surface area contributed by atoms with Crippen LogP contribution in [-0.2, 0) is 6.54 Å². The maximum Gasteiger partial charge on any atom is 0.162 e. The second-order valence-corrected chi connectivity index (χ2v) is 8.12. The van der Waals surface area contributed by atoms with Gasteiger partial charge in [-0.1, -0.05) is 48.5 Å². The summed E-state index contributed by atoms with van der Waals surface area (Å²) in [6.45, 7) is 3.66. The van der Waals surface area contributed by atoms with Gasteiger partial charge in [0.25, 0.3) is 0 Å². The number of nitrogens with zero attached hydrogens (tertiary/aromatic N) is 1. The summed E-state index contributed by atoms with van der Waals surface area (Å²) in [5.41, 5.74) is 9.97. The Morgan fingerprint density at radius 3 is 2.31 bits per heavy atom. The first-order chi connectivity index (χ1) is 14.2. The van der Waals surface area contributed by atoms with Crippen LogP contribution >= 0.6 is 0 Å². The number of hydrogen-bond acceptors (Lipinski definition) is 4. The summed E-state index contributed by atoms with van der Waals surface area (Å²) in [4.78, 5) is 2.50. The van der Waals surface area contributed by atoms with E-state index in [9.17, 15) is 0 Å². The molecule has 0 atom stereocenters. The molecule has 2 N–H and O–H groups in total. The molecule has 4 heteroatoms. The van der Waals surface area contributed by atoms with Crippen LogP contribution in [0.3, 0.4) is 0 Å². The molecule has 148 valence electrons. The summed E-state index contributed by atoms with van der Waals surface area (Å²) >= 11 is 0. The van der Waals surface area contributed by atoms with E-state index in [2.05, 4.69) is 47.4 Å². The highest BCUT2D eigenvalue weighted by molar-refractivity contribution is 5.68. The van der Waals surface area contributed by atoms with E-state index in [4.69, 9.17) is 15.2 Å². The third-order valence-corrected chi connectivity index (χ3v) is 6.02. The number of nitrogen functional groups attached to an aromatic ring is 1.